The summed E-state index contributed by atoms with van der Waals surface area (Å²) >= 11 is 5.06. The highest BCUT2D eigenvalue weighted by molar-refractivity contribution is 7.80. The lowest BCUT2D eigenvalue weighted by molar-refractivity contribution is -0.131. The topological polar surface area (TPSA) is 58.4 Å². The number of nitrogens with zero attached hydrogens (tertiary/aromatic N) is 1. The molecule has 0 aromatic heterocycles. The molecule has 1 atom stereocenters. The van der Waals surface area contributed by atoms with Crippen molar-refractivity contribution in [3.05, 3.63) is 0 Å². The predicted octanol–water partition coefficient (Wildman–Crippen LogP) is 1.04. The van der Waals surface area contributed by atoms with Crippen molar-refractivity contribution in [2.45, 2.75) is 45.1 Å². The quantitative estimate of drug-likeness (QED) is 0.732. The van der Waals surface area contributed by atoms with Crippen LogP contribution in [0.15, 0.2) is 0 Å². The standard InChI is InChI=1S/C13H23N3OS/c1-10(9-16-7-2-3-8-16)15-12(17)13(11(14)18)5-4-6-13/h10H,2-9H2,1H3,(H2,14,18)(H,15,17). The van der Waals surface area contributed by atoms with Crippen LogP contribution in [0.2, 0.25) is 0 Å². The van der Waals surface area contributed by atoms with Crippen molar-refractivity contribution in [2.75, 3.05) is 19.6 Å². The van der Waals surface area contributed by atoms with Gasteiger partial charge in [-0.1, -0.05) is 18.6 Å². The van der Waals surface area contributed by atoms with Gasteiger partial charge in [-0.25, -0.2) is 0 Å². The summed E-state index contributed by atoms with van der Waals surface area (Å²) in [6, 6.07) is 0.169. The molecule has 1 heterocycles. The smallest absolute Gasteiger partial charge is 0.233 e. The molecule has 4 nitrogen and oxygen atoms in total. The van der Waals surface area contributed by atoms with E-state index in [0.717, 1.165) is 38.9 Å². The molecule has 0 bridgehead atoms. The van der Waals surface area contributed by atoms with Crippen molar-refractivity contribution in [3.8, 4) is 0 Å². The first-order chi connectivity index (χ1) is 8.54. The normalized spacial score (nSPS) is 24.3. The van der Waals surface area contributed by atoms with Gasteiger partial charge in [0.25, 0.3) is 0 Å². The molecule has 3 N–H and O–H groups in total. The first-order valence-corrected chi connectivity index (χ1v) is 7.29. The number of hydrogen-bond donors (Lipinski definition) is 2. The van der Waals surface area contributed by atoms with Crippen LogP contribution in [0, 0.1) is 5.41 Å². The first-order valence-electron chi connectivity index (χ1n) is 6.88. The summed E-state index contributed by atoms with van der Waals surface area (Å²) < 4.78 is 0. The van der Waals surface area contributed by atoms with E-state index in [-0.39, 0.29) is 11.9 Å². The molecule has 102 valence electrons. The molecule has 0 radical (unpaired) electrons. The maximum absolute atomic E-state index is 12.3. The maximum atomic E-state index is 12.3. The summed E-state index contributed by atoms with van der Waals surface area (Å²) in [6.07, 6.45) is 5.22. The number of amides is 1. The molecule has 2 fully saturated rings. The van der Waals surface area contributed by atoms with E-state index in [1.165, 1.54) is 12.8 Å². The molecule has 0 aromatic carbocycles. The van der Waals surface area contributed by atoms with Crippen molar-refractivity contribution in [2.24, 2.45) is 11.1 Å². The Morgan fingerprint density at radius 2 is 2.00 bits per heavy atom. The van der Waals surface area contributed by atoms with Crippen molar-refractivity contribution in [1.82, 2.24) is 10.2 Å². The third-order valence-corrected chi connectivity index (χ3v) is 4.61. The van der Waals surface area contributed by atoms with Gasteiger partial charge in [-0.2, -0.15) is 0 Å². The lowest BCUT2D eigenvalue weighted by atomic mass is 9.68. The first kappa shape index (κ1) is 13.7. The number of likely N-dealkylation sites (tertiary alicyclic amines) is 1. The summed E-state index contributed by atoms with van der Waals surface area (Å²) in [4.78, 5) is 15.0. The molecular weight excluding hydrogens is 246 g/mol. The molecule has 0 spiro atoms. The van der Waals surface area contributed by atoms with E-state index in [0.29, 0.717) is 4.99 Å². The summed E-state index contributed by atoms with van der Waals surface area (Å²) in [6.45, 7) is 5.29. The van der Waals surface area contributed by atoms with Gasteiger partial charge in [-0.05, 0) is 45.7 Å². The van der Waals surface area contributed by atoms with Gasteiger partial charge in [0.05, 0.1) is 10.4 Å². The fourth-order valence-corrected chi connectivity index (χ4v) is 3.17. The second-order valence-electron chi connectivity index (χ2n) is 5.68. The Morgan fingerprint density at radius 3 is 2.44 bits per heavy atom. The van der Waals surface area contributed by atoms with E-state index in [2.05, 4.69) is 17.1 Å². The average Bonchev–Trinajstić information content (AvgIpc) is 2.66. The molecule has 5 heteroatoms. The minimum absolute atomic E-state index is 0.0351. The largest absolute Gasteiger partial charge is 0.392 e. The Morgan fingerprint density at radius 1 is 1.39 bits per heavy atom. The van der Waals surface area contributed by atoms with Crippen molar-refractivity contribution < 1.29 is 4.79 Å². The Bertz CT molecular complexity index is 335. The number of carbonyl (C=O) groups excluding carboxylic acids is 1. The molecule has 2 rings (SSSR count). The van der Waals surface area contributed by atoms with Crippen LogP contribution < -0.4 is 11.1 Å². The number of hydrogen-bond acceptors (Lipinski definition) is 3. The van der Waals surface area contributed by atoms with E-state index >= 15 is 0 Å². The zero-order valence-electron chi connectivity index (χ0n) is 11.1. The van der Waals surface area contributed by atoms with Crippen LogP contribution in [0.3, 0.4) is 0 Å². The Hall–Kier alpha value is -0.680. The molecule has 1 saturated heterocycles. The van der Waals surface area contributed by atoms with Gasteiger partial charge >= 0.3 is 0 Å². The Balaban J connectivity index is 1.84. The van der Waals surface area contributed by atoms with Gasteiger partial charge in [-0.3, -0.25) is 4.79 Å². The molecule has 1 aliphatic carbocycles. The monoisotopic (exact) mass is 269 g/mol. The number of nitrogens with one attached hydrogen (secondary N) is 1. The zero-order valence-corrected chi connectivity index (χ0v) is 11.9. The summed E-state index contributed by atoms with van der Waals surface area (Å²) in [5.74, 6) is 0.0351. The van der Waals surface area contributed by atoms with Gasteiger partial charge in [0, 0.05) is 12.6 Å². The second-order valence-corrected chi connectivity index (χ2v) is 6.12. The summed E-state index contributed by atoms with van der Waals surface area (Å²) in [5, 5.41) is 3.08. The van der Waals surface area contributed by atoms with Crippen LogP contribution in [-0.2, 0) is 4.79 Å². The molecule has 1 aliphatic heterocycles. The minimum atomic E-state index is -0.547. The van der Waals surface area contributed by atoms with Gasteiger partial charge < -0.3 is 16.0 Å². The van der Waals surface area contributed by atoms with Gasteiger partial charge in [-0.15, -0.1) is 0 Å². The van der Waals surface area contributed by atoms with Crippen molar-refractivity contribution >= 4 is 23.1 Å². The number of thiocarbonyl (C=S) groups is 1. The Kier molecular flexibility index (Phi) is 4.22. The van der Waals surface area contributed by atoms with E-state index in [1.807, 2.05) is 0 Å². The third kappa shape index (κ3) is 2.67. The van der Waals surface area contributed by atoms with Crippen LogP contribution >= 0.6 is 12.2 Å². The highest BCUT2D eigenvalue weighted by Gasteiger charge is 2.47. The molecule has 0 aromatic rings. The molecule has 18 heavy (non-hydrogen) atoms. The second kappa shape index (κ2) is 5.53. The highest BCUT2D eigenvalue weighted by Crippen LogP contribution is 2.41. The van der Waals surface area contributed by atoms with Crippen LogP contribution in [0.1, 0.15) is 39.0 Å². The molecule has 1 saturated carbocycles. The average molecular weight is 269 g/mol. The predicted molar refractivity (Wildman–Crippen MR) is 76.3 cm³/mol. The fraction of sp³-hybridized carbons (Fsp3) is 0.846. The van der Waals surface area contributed by atoms with Gasteiger partial charge in [0.2, 0.25) is 5.91 Å². The van der Waals surface area contributed by atoms with Gasteiger partial charge in [0.15, 0.2) is 0 Å². The van der Waals surface area contributed by atoms with Crippen LogP contribution in [-0.4, -0.2) is 41.5 Å². The fourth-order valence-electron chi connectivity index (χ4n) is 2.88. The van der Waals surface area contributed by atoms with Crippen LogP contribution in [0.5, 0.6) is 0 Å². The highest BCUT2D eigenvalue weighted by atomic mass is 32.1. The van der Waals surface area contributed by atoms with Gasteiger partial charge in [0.1, 0.15) is 0 Å². The molecule has 2 aliphatic rings. The number of nitrogens with two attached hydrogens (primary N) is 1. The summed E-state index contributed by atoms with van der Waals surface area (Å²) in [7, 11) is 0. The minimum Gasteiger partial charge on any atom is -0.392 e. The van der Waals surface area contributed by atoms with Crippen LogP contribution in [0.25, 0.3) is 0 Å². The lowest BCUT2D eigenvalue weighted by Gasteiger charge is -2.40. The molecule has 1 unspecified atom stereocenters. The van der Waals surface area contributed by atoms with E-state index in [1.54, 1.807) is 0 Å². The van der Waals surface area contributed by atoms with E-state index in [9.17, 15) is 4.79 Å². The van der Waals surface area contributed by atoms with E-state index < -0.39 is 5.41 Å². The SMILES string of the molecule is CC(CN1CCCC1)NC(=O)C1(C(N)=S)CCC1. The van der Waals surface area contributed by atoms with Crippen LogP contribution in [0.4, 0.5) is 0 Å². The Labute approximate surface area is 114 Å². The van der Waals surface area contributed by atoms with E-state index in [4.69, 9.17) is 18.0 Å². The lowest BCUT2D eigenvalue weighted by Crippen LogP contribution is -2.56. The summed E-state index contributed by atoms with van der Waals surface area (Å²) in [5.41, 5.74) is 5.19. The number of carbonyl (C=O) groups is 1. The maximum Gasteiger partial charge on any atom is 0.233 e. The number of rotatable bonds is 5. The zero-order chi connectivity index (χ0) is 13.2. The molecular formula is C13H23N3OS. The molecule has 1 amide bonds. The third-order valence-electron chi connectivity index (χ3n) is 4.22. The van der Waals surface area contributed by atoms with Crippen molar-refractivity contribution in [1.29, 1.82) is 0 Å². The van der Waals surface area contributed by atoms with Crippen molar-refractivity contribution in [3.63, 3.8) is 0 Å².